The summed E-state index contributed by atoms with van der Waals surface area (Å²) in [5, 5.41) is 5.44. The SMILES string of the molecule is CCC(C)[C@@H]1NC(=O)CN(C)C(=O)[C@@H](Cc2ccccc2)N(C)C(=O)[C@H](C)NC(=O)[C@@H](CC(C)C)OC(=O)/C(C)=C/CCCCOC(=O)[C@H](C)N(C)C1=O. The molecular weight excluding hydrogens is 694 g/mol. The highest BCUT2D eigenvalue weighted by Crippen LogP contribution is 2.17. The summed E-state index contributed by atoms with van der Waals surface area (Å²) in [4.78, 5) is 98.1. The van der Waals surface area contributed by atoms with Crippen molar-refractivity contribution in [2.75, 3.05) is 34.3 Å². The molecule has 6 atom stereocenters. The summed E-state index contributed by atoms with van der Waals surface area (Å²) in [6.07, 6.45) is 2.97. The monoisotopic (exact) mass is 755 g/mol. The molecule has 14 nitrogen and oxygen atoms in total. The molecule has 0 saturated heterocycles. The lowest BCUT2D eigenvalue weighted by atomic mass is 9.97. The van der Waals surface area contributed by atoms with E-state index in [0.717, 1.165) is 5.56 Å². The lowest BCUT2D eigenvalue weighted by molar-refractivity contribution is -0.155. The number of hydrogen-bond donors (Lipinski definition) is 2. The first kappa shape index (κ1) is 45.4. The Balaban J connectivity index is 2.50. The molecule has 1 aromatic rings. The summed E-state index contributed by atoms with van der Waals surface area (Å²) in [6, 6.07) is 4.98. The molecular formula is C40H61N5O9. The van der Waals surface area contributed by atoms with Gasteiger partial charge in [0.15, 0.2) is 6.10 Å². The fourth-order valence-corrected chi connectivity index (χ4v) is 5.87. The Kier molecular flexibility index (Phi) is 18.4. The molecule has 0 spiro atoms. The van der Waals surface area contributed by atoms with E-state index in [-0.39, 0.29) is 31.3 Å². The summed E-state index contributed by atoms with van der Waals surface area (Å²) < 4.78 is 11.1. The first-order valence-electron chi connectivity index (χ1n) is 18.9. The minimum Gasteiger partial charge on any atom is -0.464 e. The number of nitrogens with zero attached hydrogens (tertiary/aromatic N) is 3. The molecule has 14 heteroatoms. The smallest absolute Gasteiger partial charge is 0.334 e. The number of rotatable bonds is 6. The molecule has 0 bridgehead atoms. The van der Waals surface area contributed by atoms with Gasteiger partial charge >= 0.3 is 11.9 Å². The van der Waals surface area contributed by atoms with Crippen LogP contribution in [0.15, 0.2) is 42.0 Å². The number of esters is 2. The van der Waals surface area contributed by atoms with Gasteiger partial charge in [-0.15, -0.1) is 0 Å². The van der Waals surface area contributed by atoms with Crippen molar-refractivity contribution in [2.45, 2.75) is 117 Å². The molecule has 1 aromatic carbocycles. The van der Waals surface area contributed by atoms with E-state index in [1.807, 2.05) is 45.9 Å². The summed E-state index contributed by atoms with van der Waals surface area (Å²) in [5.74, 6) is -4.43. The summed E-state index contributed by atoms with van der Waals surface area (Å²) in [5.41, 5.74) is 1.07. The van der Waals surface area contributed by atoms with Crippen LogP contribution >= 0.6 is 0 Å². The van der Waals surface area contributed by atoms with E-state index in [0.29, 0.717) is 31.3 Å². The molecule has 0 aromatic heterocycles. The van der Waals surface area contributed by atoms with Crippen LogP contribution < -0.4 is 10.6 Å². The van der Waals surface area contributed by atoms with E-state index in [9.17, 15) is 33.6 Å². The van der Waals surface area contributed by atoms with Gasteiger partial charge in [-0.2, -0.15) is 0 Å². The quantitative estimate of drug-likeness (QED) is 0.415. The molecule has 1 aliphatic rings. The third-order valence-corrected chi connectivity index (χ3v) is 9.77. The Labute approximate surface area is 320 Å². The van der Waals surface area contributed by atoms with Gasteiger partial charge in [-0.1, -0.05) is 70.5 Å². The molecule has 2 rings (SSSR count). The predicted molar refractivity (Wildman–Crippen MR) is 203 cm³/mol. The molecule has 0 aliphatic carbocycles. The molecule has 54 heavy (non-hydrogen) atoms. The van der Waals surface area contributed by atoms with E-state index in [1.165, 1.54) is 42.8 Å². The third kappa shape index (κ3) is 13.6. The lowest BCUT2D eigenvalue weighted by Crippen LogP contribution is -2.57. The van der Waals surface area contributed by atoms with Gasteiger partial charge in [0.2, 0.25) is 23.6 Å². The number of amides is 5. The van der Waals surface area contributed by atoms with Gasteiger partial charge in [-0.25, -0.2) is 9.59 Å². The standard InChI is InChI=1S/C40H61N5O9/c1-11-26(4)34-38(50)44(9)29(7)40(52)53-21-17-13-14-18-27(5)39(51)54-32(22-25(2)3)35(47)41-28(6)36(48)45(10)31(23-30-19-15-12-16-20-30)37(49)43(8)24-33(46)42-34/h12,15-16,18-20,25-26,28-29,31-32,34H,11,13-14,17,21-24H2,1-10H3,(H,41,47)(H,42,46)/b27-18+/t26?,28-,29-,31+,32+,34-/m0/s1. The molecule has 0 saturated carbocycles. The van der Waals surface area contributed by atoms with Crippen molar-refractivity contribution in [2.24, 2.45) is 11.8 Å². The number of cyclic esters (lactones) is 2. The van der Waals surface area contributed by atoms with Gasteiger partial charge in [0.25, 0.3) is 5.91 Å². The fourth-order valence-electron chi connectivity index (χ4n) is 5.87. The van der Waals surface area contributed by atoms with Gasteiger partial charge in [0, 0.05) is 33.1 Å². The van der Waals surface area contributed by atoms with Crippen LogP contribution in [0.5, 0.6) is 0 Å². The van der Waals surface area contributed by atoms with Crippen LogP contribution in [0.2, 0.25) is 0 Å². The highest BCUT2D eigenvalue weighted by atomic mass is 16.5. The summed E-state index contributed by atoms with van der Waals surface area (Å²) in [6.45, 7) is 11.8. The number of nitrogens with one attached hydrogen (secondary N) is 2. The van der Waals surface area contributed by atoms with Crippen LogP contribution in [-0.2, 0) is 49.5 Å². The van der Waals surface area contributed by atoms with E-state index in [4.69, 9.17) is 9.47 Å². The number of benzene rings is 1. The first-order valence-corrected chi connectivity index (χ1v) is 18.9. The zero-order valence-corrected chi connectivity index (χ0v) is 33.7. The molecule has 0 fully saturated rings. The van der Waals surface area contributed by atoms with Gasteiger partial charge in [-0.05, 0) is 63.9 Å². The van der Waals surface area contributed by atoms with Crippen LogP contribution in [0, 0.1) is 11.8 Å². The Morgan fingerprint density at radius 3 is 2.11 bits per heavy atom. The largest absolute Gasteiger partial charge is 0.464 e. The van der Waals surface area contributed by atoms with Gasteiger partial charge in [-0.3, -0.25) is 24.0 Å². The molecule has 1 aliphatic heterocycles. The first-order chi connectivity index (χ1) is 25.4. The Bertz CT molecular complexity index is 1500. The molecule has 1 unspecified atom stereocenters. The number of hydrogen-bond acceptors (Lipinski definition) is 9. The minimum atomic E-state index is -1.17. The van der Waals surface area contributed by atoms with Gasteiger partial charge < -0.3 is 34.8 Å². The highest BCUT2D eigenvalue weighted by molar-refractivity contribution is 5.96. The van der Waals surface area contributed by atoms with Crippen molar-refractivity contribution in [3.63, 3.8) is 0 Å². The maximum absolute atomic E-state index is 14.1. The topological polar surface area (TPSA) is 172 Å². The highest BCUT2D eigenvalue weighted by Gasteiger charge is 2.36. The number of ether oxygens (including phenoxy) is 2. The van der Waals surface area contributed by atoms with E-state index < -0.39 is 78.3 Å². The van der Waals surface area contributed by atoms with E-state index >= 15 is 0 Å². The predicted octanol–water partition coefficient (Wildman–Crippen LogP) is 3.03. The third-order valence-electron chi connectivity index (χ3n) is 9.77. The van der Waals surface area contributed by atoms with Crippen LogP contribution in [0.1, 0.15) is 86.1 Å². The second kappa shape index (κ2) is 21.8. The Morgan fingerprint density at radius 2 is 1.50 bits per heavy atom. The maximum atomic E-state index is 14.1. The van der Waals surface area contributed by atoms with Crippen molar-refractivity contribution >= 4 is 41.5 Å². The minimum absolute atomic E-state index is 0.0173. The van der Waals surface area contributed by atoms with Crippen LogP contribution in [0.25, 0.3) is 0 Å². The fraction of sp³-hybridized carbons (Fsp3) is 0.625. The van der Waals surface area contributed by atoms with Crippen molar-refractivity contribution in [3.05, 3.63) is 47.5 Å². The average molecular weight is 756 g/mol. The zero-order chi connectivity index (χ0) is 40.7. The van der Waals surface area contributed by atoms with Crippen molar-refractivity contribution in [1.29, 1.82) is 0 Å². The second-order valence-electron chi connectivity index (χ2n) is 14.7. The number of carbonyl (C=O) groups is 7. The molecule has 5 amide bonds. The van der Waals surface area contributed by atoms with Crippen LogP contribution in [0.4, 0.5) is 0 Å². The summed E-state index contributed by atoms with van der Waals surface area (Å²) >= 11 is 0. The molecule has 0 radical (unpaired) electrons. The number of likely N-dealkylation sites (N-methyl/N-ethyl adjacent to an activating group) is 3. The summed E-state index contributed by atoms with van der Waals surface area (Å²) in [7, 11) is 4.37. The van der Waals surface area contributed by atoms with E-state index in [1.54, 1.807) is 32.1 Å². The van der Waals surface area contributed by atoms with Crippen LogP contribution in [-0.4, -0.2) is 121 Å². The molecule has 2 N–H and O–H groups in total. The van der Waals surface area contributed by atoms with Crippen molar-refractivity contribution in [3.8, 4) is 0 Å². The number of allylic oxidation sites excluding steroid dienone is 1. The zero-order valence-electron chi connectivity index (χ0n) is 33.7. The molecule has 1 heterocycles. The lowest BCUT2D eigenvalue weighted by Gasteiger charge is -2.33. The van der Waals surface area contributed by atoms with Gasteiger partial charge in [0.05, 0.1) is 13.2 Å². The van der Waals surface area contributed by atoms with Crippen molar-refractivity contribution in [1.82, 2.24) is 25.3 Å². The van der Waals surface area contributed by atoms with E-state index in [2.05, 4.69) is 10.6 Å². The van der Waals surface area contributed by atoms with Crippen LogP contribution in [0.3, 0.4) is 0 Å². The number of carbonyl (C=O) groups excluding carboxylic acids is 7. The van der Waals surface area contributed by atoms with Gasteiger partial charge in [0.1, 0.15) is 24.2 Å². The molecule has 300 valence electrons. The average Bonchev–Trinajstić information content (AvgIpc) is 3.14. The Hall–Kier alpha value is -4.75. The normalized spacial score (nSPS) is 26.1. The Morgan fingerprint density at radius 1 is 0.852 bits per heavy atom. The second-order valence-corrected chi connectivity index (χ2v) is 14.7. The maximum Gasteiger partial charge on any atom is 0.334 e. The van der Waals surface area contributed by atoms with Crippen molar-refractivity contribution < 1.29 is 43.0 Å².